The predicted octanol–water partition coefficient (Wildman–Crippen LogP) is 0.419. The predicted molar refractivity (Wildman–Crippen MR) is 71.3 cm³/mol. The molecule has 0 aliphatic heterocycles. The minimum atomic E-state index is -3.62. The fourth-order valence-corrected chi connectivity index (χ4v) is 2.89. The van der Waals surface area contributed by atoms with Crippen molar-refractivity contribution in [2.75, 3.05) is 6.54 Å². The van der Waals surface area contributed by atoms with Crippen LogP contribution in [0.25, 0.3) is 11.0 Å². The van der Waals surface area contributed by atoms with Crippen LogP contribution in [0.5, 0.6) is 0 Å². The van der Waals surface area contributed by atoms with E-state index < -0.39 is 15.6 Å². The SMILES string of the molecule is CC(CN)NS(=O)(=O)c1ccc2oc(=O)ccc2c1. The van der Waals surface area contributed by atoms with E-state index in [1.54, 1.807) is 6.92 Å². The molecule has 2 rings (SSSR count). The summed E-state index contributed by atoms with van der Waals surface area (Å²) in [6, 6.07) is 6.70. The number of nitrogens with one attached hydrogen (secondary N) is 1. The van der Waals surface area contributed by atoms with Gasteiger partial charge in [-0.25, -0.2) is 17.9 Å². The topological polar surface area (TPSA) is 102 Å². The maximum atomic E-state index is 12.1. The van der Waals surface area contributed by atoms with Gasteiger partial charge in [-0.1, -0.05) is 0 Å². The average molecular weight is 282 g/mol. The molecule has 102 valence electrons. The van der Waals surface area contributed by atoms with E-state index in [-0.39, 0.29) is 17.5 Å². The molecule has 1 aromatic heterocycles. The molecular formula is C12H14N2O4S. The van der Waals surface area contributed by atoms with E-state index in [4.69, 9.17) is 10.2 Å². The van der Waals surface area contributed by atoms with Crippen molar-refractivity contribution in [3.8, 4) is 0 Å². The molecule has 0 aliphatic carbocycles. The molecule has 0 amide bonds. The molecule has 0 saturated carbocycles. The molecule has 0 bridgehead atoms. The highest BCUT2D eigenvalue weighted by Crippen LogP contribution is 2.17. The number of hydrogen-bond donors (Lipinski definition) is 2. The standard InChI is InChI=1S/C12H14N2O4S/c1-8(7-13)14-19(16,17)10-3-4-11-9(6-10)2-5-12(15)18-11/h2-6,8,14H,7,13H2,1H3. The molecule has 0 saturated heterocycles. The second-order valence-electron chi connectivity index (χ2n) is 4.21. The highest BCUT2D eigenvalue weighted by molar-refractivity contribution is 7.89. The third-order valence-electron chi connectivity index (χ3n) is 2.61. The van der Waals surface area contributed by atoms with Crippen LogP contribution in [0.2, 0.25) is 0 Å². The maximum absolute atomic E-state index is 12.1. The number of nitrogens with two attached hydrogens (primary N) is 1. The summed E-state index contributed by atoms with van der Waals surface area (Å²) in [5, 5.41) is 0.544. The number of rotatable bonds is 4. The quantitative estimate of drug-likeness (QED) is 0.791. The van der Waals surface area contributed by atoms with Crippen molar-refractivity contribution in [2.24, 2.45) is 5.73 Å². The van der Waals surface area contributed by atoms with Gasteiger partial charge in [0, 0.05) is 24.0 Å². The summed E-state index contributed by atoms with van der Waals surface area (Å²) in [5.41, 5.74) is 5.26. The van der Waals surface area contributed by atoms with Crippen molar-refractivity contribution >= 4 is 21.0 Å². The lowest BCUT2D eigenvalue weighted by Crippen LogP contribution is -2.37. The van der Waals surface area contributed by atoms with Crippen LogP contribution in [0.3, 0.4) is 0 Å². The Morgan fingerprint density at radius 3 is 2.74 bits per heavy atom. The van der Waals surface area contributed by atoms with Gasteiger partial charge in [0.1, 0.15) is 5.58 Å². The molecule has 1 unspecified atom stereocenters. The average Bonchev–Trinajstić information content (AvgIpc) is 2.37. The lowest BCUT2D eigenvalue weighted by molar-refractivity contribution is 0.558. The third-order valence-corrected chi connectivity index (χ3v) is 4.20. The number of hydrogen-bond acceptors (Lipinski definition) is 5. The number of fused-ring (bicyclic) bond motifs is 1. The zero-order valence-electron chi connectivity index (χ0n) is 10.3. The first-order chi connectivity index (χ1) is 8.92. The van der Waals surface area contributed by atoms with Gasteiger partial charge in [0.05, 0.1) is 4.90 Å². The maximum Gasteiger partial charge on any atom is 0.336 e. The Morgan fingerprint density at radius 1 is 1.32 bits per heavy atom. The van der Waals surface area contributed by atoms with Gasteiger partial charge in [0.2, 0.25) is 10.0 Å². The normalized spacial score (nSPS) is 13.6. The zero-order valence-corrected chi connectivity index (χ0v) is 11.1. The van der Waals surface area contributed by atoms with Crippen LogP contribution in [-0.2, 0) is 10.0 Å². The molecule has 0 fully saturated rings. The molecule has 19 heavy (non-hydrogen) atoms. The van der Waals surface area contributed by atoms with E-state index in [1.807, 2.05) is 0 Å². The van der Waals surface area contributed by atoms with Crippen LogP contribution in [0, 0.1) is 0 Å². The van der Waals surface area contributed by atoms with Gasteiger partial charge in [-0.2, -0.15) is 0 Å². The summed E-state index contributed by atoms with van der Waals surface area (Å²) in [7, 11) is -3.62. The highest BCUT2D eigenvalue weighted by atomic mass is 32.2. The molecule has 1 heterocycles. The van der Waals surface area contributed by atoms with Crippen molar-refractivity contribution in [1.29, 1.82) is 0 Å². The van der Waals surface area contributed by atoms with Gasteiger partial charge in [-0.3, -0.25) is 0 Å². The Kier molecular flexibility index (Phi) is 3.70. The Labute approximate surface area is 110 Å². The Bertz CT molecular complexity index is 752. The van der Waals surface area contributed by atoms with Crippen molar-refractivity contribution in [1.82, 2.24) is 4.72 Å². The Balaban J connectivity index is 2.46. The smallest absolute Gasteiger partial charge is 0.336 e. The second-order valence-corrected chi connectivity index (χ2v) is 5.93. The van der Waals surface area contributed by atoms with Crippen LogP contribution in [0.15, 0.2) is 44.4 Å². The molecule has 1 aromatic carbocycles. The van der Waals surface area contributed by atoms with Crippen molar-refractivity contribution < 1.29 is 12.8 Å². The largest absolute Gasteiger partial charge is 0.423 e. The van der Waals surface area contributed by atoms with Gasteiger partial charge in [-0.05, 0) is 31.2 Å². The molecule has 0 aliphatic rings. The molecule has 0 spiro atoms. The lowest BCUT2D eigenvalue weighted by atomic mass is 10.2. The summed E-state index contributed by atoms with van der Waals surface area (Å²) in [6.45, 7) is 1.89. The lowest BCUT2D eigenvalue weighted by Gasteiger charge is -2.12. The summed E-state index contributed by atoms with van der Waals surface area (Å²) in [4.78, 5) is 11.1. The third kappa shape index (κ3) is 3.01. The Morgan fingerprint density at radius 2 is 2.05 bits per heavy atom. The Hall–Kier alpha value is -1.70. The van der Waals surface area contributed by atoms with Crippen LogP contribution in [-0.4, -0.2) is 21.0 Å². The van der Waals surface area contributed by atoms with Gasteiger partial charge >= 0.3 is 5.63 Å². The van der Waals surface area contributed by atoms with E-state index in [0.29, 0.717) is 11.0 Å². The monoisotopic (exact) mass is 282 g/mol. The summed E-state index contributed by atoms with van der Waals surface area (Å²) < 4.78 is 31.5. The molecule has 2 aromatic rings. The minimum absolute atomic E-state index is 0.106. The molecule has 0 radical (unpaired) electrons. The molecule has 1 atom stereocenters. The van der Waals surface area contributed by atoms with E-state index >= 15 is 0 Å². The van der Waals surface area contributed by atoms with E-state index in [1.165, 1.54) is 30.3 Å². The molecule has 3 N–H and O–H groups in total. The first kappa shape index (κ1) is 13.7. The van der Waals surface area contributed by atoms with Crippen LogP contribution in [0.1, 0.15) is 6.92 Å². The molecular weight excluding hydrogens is 268 g/mol. The van der Waals surface area contributed by atoms with Gasteiger partial charge in [0.25, 0.3) is 0 Å². The van der Waals surface area contributed by atoms with Crippen molar-refractivity contribution in [3.05, 3.63) is 40.8 Å². The van der Waals surface area contributed by atoms with E-state index in [2.05, 4.69) is 4.72 Å². The second kappa shape index (κ2) is 5.12. The van der Waals surface area contributed by atoms with E-state index in [0.717, 1.165) is 0 Å². The summed E-state index contributed by atoms with van der Waals surface area (Å²) in [6.07, 6.45) is 0. The fraction of sp³-hybridized carbons (Fsp3) is 0.250. The van der Waals surface area contributed by atoms with Crippen LogP contribution in [0.4, 0.5) is 0 Å². The number of benzene rings is 1. The first-order valence-electron chi connectivity index (χ1n) is 5.69. The zero-order chi connectivity index (χ0) is 14.0. The summed E-state index contributed by atoms with van der Waals surface area (Å²) >= 11 is 0. The van der Waals surface area contributed by atoms with E-state index in [9.17, 15) is 13.2 Å². The molecule has 7 heteroatoms. The number of sulfonamides is 1. The van der Waals surface area contributed by atoms with Crippen LogP contribution < -0.4 is 16.1 Å². The first-order valence-corrected chi connectivity index (χ1v) is 7.17. The van der Waals surface area contributed by atoms with Crippen LogP contribution >= 0.6 is 0 Å². The van der Waals surface area contributed by atoms with Gasteiger partial charge < -0.3 is 10.2 Å². The van der Waals surface area contributed by atoms with Crippen molar-refractivity contribution in [3.63, 3.8) is 0 Å². The minimum Gasteiger partial charge on any atom is -0.423 e. The van der Waals surface area contributed by atoms with Gasteiger partial charge in [-0.15, -0.1) is 0 Å². The molecule has 6 nitrogen and oxygen atoms in total. The van der Waals surface area contributed by atoms with Gasteiger partial charge in [0.15, 0.2) is 0 Å². The van der Waals surface area contributed by atoms with Crippen molar-refractivity contribution in [2.45, 2.75) is 17.9 Å². The fourth-order valence-electron chi connectivity index (χ4n) is 1.60. The highest BCUT2D eigenvalue weighted by Gasteiger charge is 2.17. The summed E-state index contributed by atoms with van der Waals surface area (Å²) in [5.74, 6) is 0.